The standard InChI is InChI=1S/C35H37N3O4.C3H9N.CH4/c1-2-38-32(24-17-18-24)31-28-14-8-13-26-27(15-9-21-42-30-16-7-11-23-10-3-4-12-25(23)30)34(35(39)40)37(33(26)28)19-5-6-20-41-22-29(31)36-38;1-3-4-2;/h3-4,7-8,10-14,16,24H,2,5-6,9,15,17-22H2,1H3,(H,39,40);4H,3H2,1-2H3;1H4. The van der Waals surface area contributed by atoms with Gasteiger partial charge in [-0.15, -0.1) is 0 Å². The molecule has 47 heavy (non-hydrogen) atoms. The minimum absolute atomic E-state index is 0. The topological polar surface area (TPSA) is 90.5 Å². The first-order valence-corrected chi connectivity index (χ1v) is 16.9. The van der Waals surface area contributed by atoms with E-state index in [2.05, 4.69) is 64.8 Å². The van der Waals surface area contributed by atoms with Gasteiger partial charge in [0.15, 0.2) is 0 Å². The molecule has 2 aliphatic rings. The Balaban J connectivity index is 0.000000822. The maximum absolute atomic E-state index is 12.9. The first kappa shape index (κ1) is 34.2. The molecular weight excluding hydrogens is 588 g/mol. The molecule has 8 nitrogen and oxygen atoms in total. The second kappa shape index (κ2) is 15.6. The molecule has 0 saturated heterocycles. The Labute approximate surface area is 278 Å². The molecular formula is C39H50N4O4. The molecule has 7 rings (SSSR count). The van der Waals surface area contributed by atoms with E-state index in [0.717, 1.165) is 88.6 Å². The molecule has 2 aromatic heterocycles. The van der Waals surface area contributed by atoms with Crippen LogP contribution in [0.4, 0.5) is 0 Å². The number of nitrogens with zero attached hydrogens (tertiary/aromatic N) is 3. The Morgan fingerprint density at radius 3 is 2.53 bits per heavy atom. The van der Waals surface area contributed by atoms with Gasteiger partial charge in [-0.25, -0.2) is 4.79 Å². The second-order valence-corrected chi connectivity index (χ2v) is 12.2. The number of carboxylic acid groups (broad SMARTS) is 1. The van der Waals surface area contributed by atoms with Crippen LogP contribution in [-0.4, -0.2) is 52.2 Å². The zero-order valence-electron chi connectivity index (χ0n) is 27.3. The van der Waals surface area contributed by atoms with Crippen LogP contribution in [0.15, 0.2) is 60.7 Å². The summed E-state index contributed by atoms with van der Waals surface area (Å²) in [4.78, 5) is 12.9. The number of nitrogens with one attached hydrogen (secondary N) is 1. The molecule has 1 fully saturated rings. The molecule has 3 aromatic carbocycles. The monoisotopic (exact) mass is 638 g/mol. The molecule has 5 aromatic rings. The molecule has 1 aliphatic carbocycles. The largest absolute Gasteiger partial charge is 0.493 e. The lowest BCUT2D eigenvalue weighted by molar-refractivity contribution is 0.0683. The SMILES string of the molecule is C.CCNC.CCn1nc2c(c1C1CC1)-c1cccc3c(CCCOc4cccc5ccccc45)c(C(=O)O)n(c13)CCCCOC2. The molecule has 0 radical (unpaired) electrons. The molecule has 3 heterocycles. The van der Waals surface area contributed by atoms with Crippen LogP contribution >= 0.6 is 0 Å². The van der Waals surface area contributed by atoms with Gasteiger partial charge >= 0.3 is 5.97 Å². The van der Waals surface area contributed by atoms with E-state index in [1.165, 1.54) is 5.69 Å². The van der Waals surface area contributed by atoms with Gasteiger partial charge in [0.05, 0.1) is 24.4 Å². The number of carbonyl (C=O) groups is 1. The molecule has 0 unspecified atom stereocenters. The van der Waals surface area contributed by atoms with Gasteiger partial charge < -0.3 is 24.5 Å². The Morgan fingerprint density at radius 1 is 1.04 bits per heavy atom. The summed E-state index contributed by atoms with van der Waals surface area (Å²) >= 11 is 0. The Morgan fingerprint density at radius 2 is 1.79 bits per heavy atom. The van der Waals surface area contributed by atoms with Crippen molar-refractivity contribution in [3.05, 3.63) is 83.3 Å². The highest BCUT2D eigenvalue weighted by Gasteiger charge is 2.34. The molecule has 0 amide bonds. The van der Waals surface area contributed by atoms with Gasteiger partial charge in [-0.3, -0.25) is 4.68 Å². The minimum atomic E-state index is -0.875. The van der Waals surface area contributed by atoms with Gasteiger partial charge in [0.2, 0.25) is 0 Å². The van der Waals surface area contributed by atoms with Crippen molar-refractivity contribution in [3.8, 4) is 16.9 Å². The summed E-state index contributed by atoms with van der Waals surface area (Å²) in [5.41, 5.74) is 6.77. The van der Waals surface area contributed by atoms with E-state index in [-0.39, 0.29) is 7.43 Å². The molecule has 2 N–H and O–H groups in total. The Hall–Kier alpha value is -4.14. The fourth-order valence-electron chi connectivity index (χ4n) is 6.73. The number of ether oxygens (including phenoxy) is 2. The van der Waals surface area contributed by atoms with Gasteiger partial charge in [0.1, 0.15) is 11.4 Å². The number of aryl methyl sites for hydroxylation is 3. The molecule has 0 atom stereocenters. The van der Waals surface area contributed by atoms with Crippen molar-refractivity contribution in [2.45, 2.75) is 85.4 Å². The molecule has 1 saturated carbocycles. The van der Waals surface area contributed by atoms with Crippen LogP contribution in [0.2, 0.25) is 0 Å². The average Bonchev–Trinajstić information content (AvgIpc) is 3.78. The highest BCUT2D eigenvalue weighted by atomic mass is 16.5. The van der Waals surface area contributed by atoms with Crippen LogP contribution in [0.3, 0.4) is 0 Å². The third kappa shape index (κ3) is 7.09. The lowest BCUT2D eigenvalue weighted by Crippen LogP contribution is -2.12. The van der Waals surface area contributed by atoms with Gasteiger partial charge in [-0.1, -0.05) is 68.9 Å². The van der Waals surface area contributed by atoms with Gasteiger partial charge in [0, 0.05) is 53.2 Å². The summed E-state index contributed by atoms with van der Waals surface area (Å²) in [5, 5.41) is 21.8. The first-order valence-electron chi connectivity index (χ1n) is 16.9. The predicted octanol–water partition coefficient (Wildman–Crippen LogP) is 8.44. The van der Waals surface area contributed by atoms with Gasteiger partial charge in [-0.05, 0) is 76.1 Å². The number of fused-ring (bicyclic) bond motifs is 3. The lowest BCUT2D eigenvalue weighted by atomic mass is 9.96. The number of hydrogen-bond donors (Lipinski definition) is 2. The zero-order chi connectivity index (χ0) is 32.0. The summed E-state index contributed by atoms with van der Waals surface area (Å²) in [6, 6.07) is 20.6. The first-order chi connectivity index (χ1) is 22.6. The fourth-order valence-corrected chi connectivity index (χ4v) is 6.73. The van der Waals surface area contributed by atoms with Crippen molar-refractivity contribution in [2.75, 3.05) is 26.8 Å². The highest BCUT2D eigenvalue weighted by molar-refractivity contribution is 6.04. The maximum Gasteiger partial charge on any atom is 0.352 e. The van der Waals surface area contributed by atoms with Crippen LogP contribution in [0.5, 0.6) is 5.75 Å². The van der Waals surface area contributed by atoms with E-state index >= 15 is 0 Å². The summed E-state index contributed by atoms with van der Waals surface area (Å²) < 4.78 is 16.6. The fraction of sp³-hybridized carbons (Fsp3) is 0.436. The Kier molecular flexibility index (Phi) is 11.4. The number of hydrogen-bond acceptors (Lipinski definition) is 5. The minimum Gasteiger partial charge on any atom is -0.493 e. The number of benzene rings is 3. The third-order valence-electron chi connectivity index (χ3n) is 9.08. The number of rotatable bonds is 9. The smallest absolute Gasteiger partial charge is 0.352 e. The summed E-state index contributed by atoms with van der Waals surface area (Å²) in [7, 11) is 1.93. The summed E-state index contributed by atoms with van der Waals surface area (Å²) in [6.07, 6.45) is 5.39. The van der Waals surface area contributed by atoms with E-state index in [0.29, 0.717) is 50.8 Å². The van der Waals surface area contributed by atoms with Crippen LogP contribution < -0.4 is 10.1 Å². The predicted molar refractivity (Wildman–Crippen MR) is 191 cm³/mol. The van der Waals surface area contributed by atoms with Crippen LogP contribution in [0.1, 0.15) is 86.7 Å². The molecule has 0 spiro atoms. The van der Waals surface area contributed by atoms with Crippen molar-refractivity contribution in [1.82, 2.24) is 19.7 Å². The van der Waals surface area contributed by atoms with Crippen molar-refractivity contribution < 1.29 is 19.4 Å². The normalized spacial score (nSPS) is 14.4. The van der Waals surface area contributed by atoms with Gasteiger partial charge in [0.25, 0.3) is 0 Å². The van der Waals surface area contributed by atoms with Gasteiger partial charge in [-0.2, -0.15) is 5.10 Å². The van der Waals surface area contributed by atoms with Crippen molar-refractivity contribution in [3.63, 3.8) is 0 Å². The van der Waals surface area contributed by atoms with E-state index in [4.69, 9.17) is 14.6 Å². The van der Waals surface area contributed by atoms with Crippen LogP contribution in [0, 0.1) is 0 Å². The molecule has 8 heteroatoms. The van der Waals surface area contributed by atoms with Crippen molar-refractivity contribution in [1.29, 1.82) is 0 Å². The number of para-hydroxylation sites is 1. The quantitative estimate of drug-likeness (QED) is 0.158. The maximum atomic E-state index is 12.9. The third-order valence-corrected chi connectivity index (χ3v) is 9.08. The van der Waals surface area contributed by atoms with Crippen LogP contribution in [0.25, 0.3) is 32.8 Å². The van der Waals surface area contributed by atoms with E-state index in [9.17, 15) is 9.90 Å². The number of carboxylic acids is 1. The number of aromatic nitrogens is 3. The molecule has 0 bridgehead atoms. The highest BCUT2D eigenvalue weighted by Crippen LogP contribution is 2.48. The molecule has 1 aliphatic heterocycles. The van der Waals surface area contributed by atoms with Crippen molar-refractivity contribution >= 4 is 27.6 Å². The lowest BCUT2D eigenvalue weighted by Gasteiger charge is -2.13. The molecule has 250 valence electrons. The summed E-state index contributed by atoms with van der Waals surface area (Å²) in [6.45, 7) is 8.35. The van der Waals surface area contributed by atoms with E-state index in [1.807, 2.05) is 31.3 Å². The van der Waals surface area contributed by atoms with Crippen LogP contribution in [-0.2, 0) is 30.9 Å². The Bertz CT molecular complexity index is 1810. The van der Waals surface area contributed by atoms with Crippen molar-refractivity contribution in [2.24, 2.45) is 0 Å². The van der Waals surface area contributed by atoms with E-state index in [1.54, 1.807) is 0 Å². The second-order valence-electron chi connectivity index (χ2n) is 12.2. The average molecular weight is 639 g/mol. The number of aromatic carboxylic acids is 1. The summed E-state index contributed by atoms with van der Waals surface area (Å²) in [5.74, 6) is 0.482. The zero-order valence-corrected chi connectivity index (χ0v) is 27.3. The van der Waals surface area contributed by atoms with E-state index < -0.39 is 5.97 Å².